The van der Waals surface area contributed by atoms with Gasteiger partial charge in [-0.05, 0) is 231 Å². The second-order valence-electron chi connectivity index (χ2n) is 33.4. The Hall–Kier alpha value is -2.09. The van der Waals surface area contributed by atoms with E-state index in [2.05, 4.69) is 120 Å². The zero-order valence-corrected chi connectivity index (χ0v) is 72.4. The van der Waals surface area contributed by atoms with Crippen LogP contribution in [0.25, 0.3) is 0 Å². The van der Waals surface area contributed by atoms with Gasteiger partial charge in [0.1, 0.15) is 0 Å². The summed E-state index contributed by atoms with van der Waals surface area (Å²) < 4.78 is 0. The number of nitrogens with one attached hydrogen (secondary N) is 2. The van der Waals surface area contributed by atoms with Crippen molar-refractivity contribution in [3.05, 3.63) is 48.6 Å². The minimum absolute atomic E-state index is 0.188. The zero-order valence-electron chi connectivity index (χ0n) is 72.4. The van der Waals surface area contributed by atoms with Crippen LogP contribution in [0.1, 0.15) is 427 Å². The molecule has 106 heavy (non-hydrogen) atoms. The number of allylic oxidation sites excluding steroid dienone is 8. The quantitative estimate of drug-likeness (QED) is 0.0259. The smallest absolute Gasteiger partial charge is 0.314 e. The first-order chi connectivity index (χ1) is 52.1. The van der Waals surface area contributed by atoms with E-state index in [1.165, 1.54) is 347 Å². The van der Waals surface area contributed by atoms with Crippen molar-refractivity contribution in [1.29, 1.82) is 0 Å². The van der Waals surface area contributed by atoms with Gasteiger partial charge in [-0.1, -0.05) is 321 Å². The van der Waals surface area contributed by atoms with Crippen LogP contribution in [-0.2, 0) is 0 Å². The Morgan fingerprint density at radius 3 is 0.613 bits per heavy atom. The number of amides is 2. The highest BCUT2D eigenvalue weighted by Crippen LogP contribution is 2.18. The second-order valence-corrected chi connectivity index (χ2v) is 33.4. The molecule has 0 radical (unpaired) electrons. The molecule has 0 aromatic rings. The summed E-state index contributed by atoms with van der Waals surface area (Å²) in [5, 5.41) is 29.0. The summed E-state index contributed by atoms with van der Waals surface area (Å²) in [6, 6.07) is -0.320. The number of nitrogens with zero attached hydrogens (tertiary/aromatic N) is 4. The summed E-state index contributed by atoms with van der Waals surface area (Å²) >= 11 is 0. The third-order valence-corrected chi connectivity index (χ3v) is 22.2. The van der Waals surface area contributed by atoms with Gasteiger partial charge >= 0.3 is 6.03 Å². The van der Waals surface area contributed by atoms with Gasteiger partial charge in [-0.25, -0.2) is 4.79 Å². The fourth-order valence-corrected chi connectivity index (χ4v) is 15.1. The molecule has 0 heterocycles. The van der Waals surface area contributed by atoms with Gasteiger partial charge in [-0.2, -0.15) is 0 Å². The van der Waals surface area contributed by atoms with Crippen LogP contribution in [0.2, 0.25) is 0 Å². The molecule has 8 N–H and O–H groups in total. The van der Waals surface area contributed by atoms with Crippen molar-refractivity contribution in [3.63, 3.8) is 0 Å². The fourth-order valence-electron chi connectivity index (χ4n) is 15.1. The van der Waals surface area contributed by atoms with Gasteiger partial charge in [-0.15, -0.1) is 0 Å². The molecule has 0 rings (SSSR count). The van der Waals surface area contributed by atoms with Gasteiger partial charge in [0.15, 0.2) is 0 Å². The predicted molar refractivity (Wildman–Crippen MR) is 472 cm³/mol. The zero-order chi connectivity index (χ0) is 77.0. The van der Waals surface area contributed by atoms with Gasteiger partial charge in [0.2, 0.25) is 0 Å². The van der Waals surface area contributed by atoms with Crippen LogP contribution in [0.3, 0.4) is 0 Å². The maximum atomic E-state index is 13.4. The number of aliphatic hydroxyl groups is 2. The first-order valence-corrected chi connectivity index (χ1v) is 47.4. The lowest BCUT2D eigenvalue weighted by molar-refractivity contribution is 0.104. The van der Waals surface area contributed by atoms with E-state index in [1.807, 2.05) is 0 Å². The highest BCUT2D eigenvalue weighted by atomic mass is 16.3. The highest BCUT2D eigenvalue weighted by Gasteiger charge is 2.18. The molecule has 11 nitrogen and oxygen atoms in total. The van der Waals surface area contributed by atoms with Crippen molar-refractivity contribution in [2.45, 2.75) is 439 Å². The third kappa shape index (κ3) is 80.0. The van der Waals surface area contributed by atoms with Crippen LogP contribution >= 0.6 is 0 Å². The van der Waals surface area contributed by atoms with E-state index in [0.29, 0.717) is 24.9 Å². The van der Waals surface area contributed by atoms with Crippen molar-refractivity contribution in [3.8, 4) is 0 Å². The Morgan fingerprint density at radius 1 is 0.264 bits per heavy atom. The second kappa shape index (κ2) is 86.9. The third-order valence-electron chi connectivity index (χ3n) is 22.2. The molecule has 0 aliphatic carbocycles. The van der Waals surface area contributed by atoms with Crippen molar-refractivity contribution in [2.75, 3.05) is 105 Å². The normalized spacial score (nSPS) is 13.5. The molecule has 11 heteroatoms. The molecule has 4 atom stereocenters. The monoisotopic (exact) mass is 1490 g/mol. The minimum atomic E-state index is -0.675. The van der Waals surface area contributed by atoms with Crippen LogP contribution in [0.15, 0.2) is 48.6 Å². The number of nitrogens with two attached hydrogens (primary N) is 2. The van der Waals surface area contributed by atoms with Gasteiger partial charge in [-0.3, -0.25) is 0 Å². The number of rotatable bonds is 88. The van der Waals surface area contributed by atoms with Crippen molar-refractivity contribution >= 4 is 6.03 Å². The van der Waals surface area contributed by atoms with Crippen molar-refractivity contribution < 1.29 is 15.0 Å². The van der Waals surface area contributed by atoms with E-state index in [9.17, 15) is 15.0 Å². The van der Waals surface area contributed by atoms with E-state index >= 15 is 0 Å². The maximum absolute atomic E-state index is 13.4. The van der Waals surface area contributed by atoms with Crippen molar-refractivity contribution in [2.24, 2.45) is 23.3 Å². The molecule has 0 saturated heterocycles. The number of hydrogen-bond donors (Lipinski definition) is 6. The largest absolute Gasteiger partial charge is 0.390 e. The number of unbranched alkanes of at least 4 members (excludes halogenated alkanes) is 50. The summed E-state index contributed by atoms with van der Waals surface area (Å²) in [6.07, 6.45) is 96.1. The lowest BCUT2D eigenvalue weighted by Gasteiger charge is -2.28. The number of urea groups is 1. The average Bonchev–Trinajstić information content (AvgIpc) is 1.07. The van der Waals surface area contributed by atoms with Gasteiger partial charge in [0.25, 0.3) is 0 Å². The molecular formula is C95H190N8O3. The predicted octanol–water partition coefficient (Wildman–Crippen LogP) is 25.1. The highest BCUT2D eigenvalue weighted by molar-refractivity contribution is 5.73. The Bertz CT molecular complexity index is 1710. The SMILES string of the molecule is CCCCCCCC/C=C\CCCCCCCCN(CCCCN(CCCCCCCC/C=C\CCCCCCCC)CC(O)CNC(=O)NCC(O)CN(CCCCCCCC/C=C\CCCCCCCC)CCCCN(CCCCCCCC/C=C\CCCCCCCC)CC(C)CN)CC(C)CN. The minimum Gasteiger partial charge on any atom is -0.390 e. The molecule has 628 valence electrons. The average molecular weight is 1490 g/mol. The Balaban J connectivity index is 5.50. The molecule has 0 spiro atoms. The molecule has 0 saturated carbocycles. The van der Waals surface area contributed by atoms with Crippen LogP contribution < -0.4 is 22.1 Å². The Morgan fingerprint density at radius 2 is 0.425 bits per heavy atom. The van der Waals surface area contributed by atoms with Crippen molar-refractivity contribution in [1.82, 2.24) is 30.2 Å². The lowest BCUT2D eigenvalue weighted by Crippen LogP contribution is -2.47. The molecule has 4 unspecified atom stereocenters. The molecule has 2 amide bonds. The fraction of sp³-hybridized carbons (Fsp3) is 0.905. The Kier molecular flexibility index (Phi) is 85.2. The summed E-state index contributed by atoms with van der Waals surface area (Å²) in [4.78, 5) is 23.7. The molecular weight excluding hydrogens is 1300 g/mol. The first-order valence-electron chi connectivity index (χ1n) is 47.4. The van der Waals surface area contributed by atoms with Crippen LogP contribution in [0, 0.1) is 11.8 Å². The molecule has 0 aromatic heterocycles. The lowest BCUT2D eigenvalue weighted by atomic mass is 10.1. The van der Waals surface area contributed by atoms with Crippen LogP contribution in [0.5, 0.6) is 0 Å². The van der Waals surface area contributed by atoms with E-state index in [-0.39, 0.29) is 19.1 Å². The molecule has 0 aliphatic rings. The summed E-state index contributed by atoms with van der Waals surface area (Å²) in [5.74, 6) is 0.976. The van der Waals surface area contributed by atoms with Gasteiger partial charge in [0.05, 0.1) is 12.2 Å². The molecule has 0 aliphatic heterocycles. The standard InChI is InChI=1S/C95H190N8O3/c1-7-11-15-19-23-27-31-35-39-43-47-51-55-59-63-67-75-100(87-91(5)83-96)79-71-73-81-102(77-69-65-61-57-53-49-45-41-37-33-29-25-21-17-13-9-3)89-93(104)85-98-95(106)99-86-94(105)90-103(78-70-66-62-58-54-50-46-42-38-34-30-26-22-18-14-10-4)82-74-72-80-101(88-92(6)84-97)76-68-64-60-56-52-48-44-40-36-32-28-24-20-16-12-8-2/h35-42,91-94,104-105H,7-34,43-90,96-97H2,1-6H3,(H2,98,99,106)/b39-35-,40-36-,41-37-,42-38-. The van der Waals surface area contributed by atoms with E-state index in [4.69, 9.17) is 11.5 Å². The van der Waals surface area contributed by atoms with Crippen LogP contribution in [0.4, 0.5) is 4.79 Å². The number of aliphatic hydroxyl groups excluding tert-OH is 2. The summed E-state index contributed by atoms with van der Waals surface area (Å²) in [6.45, 7) is 27.1. The molecule has 0 aromatic carbocycles. The van der Waals surface area contributed by atoms with Gasteiger partial charge < -0.3 is 51.9 Å². The van der Waals surface area contributed by atoms with Gasteiger partial charge in [0, 0.05) is 39.3 Å². The number of hydrogen-bond acceptors (Lipinski definition) is 9. The molecule has 0 fully saturated rings. The number of carbonyl (C=O) groups excluding carboxylic acids is 1. The Labute approximate surface area is 663 Å². The van der Waals surface area contributed by atoms with E-state index in [1.54, 1.807) is 0 Å². The summed E-state index contributed by atoms with van der Waals surface area (Å²) in [7, 11) is 0. The maximum Gasteiger partial charge on any atom is 0.314 e. The first kappa shape index (κ1) is 104. The number of carbonyl (C=O) groups is 1. The van der Waals surface area contributed by atoms with E-state index in [0.717, 1.165) is 117 Å². The summed E-state index contributed by atoms with van der Waals surface area (Å²) in [5.41, 5.74) is 12.4. The topological polar surface area (TPSA) is 147 Å². The van der Waals surface area contributed by atoms with E-state index < -0.39 is 12.2 Å². The molecule has 0 bridgehead atoms. The van der Waals surface area contributed by atoms with Crippen LogP contribution in [-0.4, -0.2) is 153 Å².